The first-order valence-corrected chi connectivity index (χ1v) is 8.48. The molecule has 2 aliphatic rings. The molecule has 0 N–H and O–H groups in total. The highest BCUT2D eigenvalue weighted by Gasteiger charge is 2.24. The molecule has 1 unspecified atom stereocenters. The molecule has 0 aromatic heterocycles. The number of alkyl halides is 1. The molecule has 1 saturated heterocycles. The molecule has 4 heteroatoms. The predicted octanol–water partition coefficient (Wildman–Crippen LogP) is 3.88. The lowest BCUT2D eigenvalue weighted by molar-refractivity contribution is 0.302. The van der Waals surface area contributed by atoms with Crippen molar-refractivity contribution < 1.29 is 4.74 Å². The van der Waals surface area contributed by atoms with Crippen LogP contribution in [0.25, 0.3) is 0 Å². The summed E-state index contributed by atoms with van der Waals surface area (Å²) in [6.45, 7) is 4.17. The summed E-state index contributed by atoms with van der Waals surface area (Å²) in [5, 5.41) is 1.96. The van der Waals surface area contributed by atoms with Crippen molar-refractivity contribution >= 4 is 27.5 Å². The smallest absolute Gasteiger partial charge is 0.127 e. The summed E-state index contributed by atoms with van der Waals surface area (Å²) in [5.74, 6) is 1.93. The molecule has 0 aliphatic carbocycles. The van der Waals surface area contributed by atoms with Crippen molar-refractivity contribution in [1.82, 2.24) is 4.90 Å². The van der Waals surface area contributed by atoms with Crippen molar-refractivity contribution in [2.75, 3.05) is 25.0 Å². The second kappa shape index (κ2) is 6.02. The maximum atomic E-state index is 6.21. The number of hydrogen-bond acceptors (Lipinski definition) is 2. The number of rotatable bonds is 4. The van der Waals surface area contributed by atoms with E-state index in [0.717, 1.165) is 41.6 Å². The number of halogens is 2. The van der Waals surface area contributed by atoms with Gasteiger partial charge in [-0.15, -0.1) is 0 Å². The fourth-order valence-corrected chi connectivity index (χ4v) is 4.06. The highest BCUT2D eigenvalue weighted by molar-refractivity contribution is 9.09. The zero-order valence-electron chi connectivity index (χ0n) is 11.0. The van der Waals surface area contributed by atoms with Gasteiger partial charge in [0.2, 0.25) is 0 Å². The molecule has 0 radical (unpaired) electrons. The molecule has 1 fully saturated rings. The molecule has 0 bridgehead atoms. The van der Waals surface area contributed by atoms with E-state index in [1.54, 1.807) is 0 Å². The van der Waals surface area contributed by atoms with Crippen LogP contribution in [0.1, 0.15) is 24.0 Å². The van der Waals surface area contributed by atoms with E-state index in [0.29, 0.717) is 0 Å². The van der Waals surface area contributed by atoms with Crippen LogP contribution in [0.2, 0.25) is 5.02 Å². The molecule has 0 amide bonds. The second-order valence-electron chi connectivity index (χ2n) is 5.52. The van der Waals surface area contributed by atoms with Gasteiger partial charge in [0.15, 0.2) is 0 Å². The molecular weight excluding hydrogens is 326 g/mol. The topological polar surface area (TPSA) is 12.5 Å². The second-order valence-corrected chi connectivity index (χ2v) is 6.75. The molecule has 0 saturated carbocycles. The molecule has 2 heterocycles. The Kier molecular flexibility index (Phi) is 4.35. The van der Waals surface area contributed by atoms with E-state index < -0.39 is 0 Å². The van der Waals surface area contributed by atoms with Gasteiger partial charge in [-0.2, -0.15) is 0 Å². The minimum Gasteiger partial charge on any atom is -0.493 e. The summed E-state index contributed by atoms with van der Waals surface area (Å²) in [6.07, 6.45) is 3.59. The Morgan fingerprint density at radius 1 is 1.42 bits per heavy atom. The fraction of sp³-hybridized carbons (Fsp3) is 0.600. The third kappa shape index (κ3) is 3.09. The largest absolute Gasteiger partial charge is 0.493 e. The maximum absolute atomic E-state index is 6.21. The predicted molar refractivity (Wildman–Crippen MR) is 82.4 cm³/mol. The van der Waals surface area contributed by atoms with Crippen molar-refractivity contribution in [1.29, 1.82) is 0 Å². The van der Waals surface area contributed by atoms with Crippen molar-refractivity contribution in [3.63, 3.8) is 0 Å². The minimum absolute atomic E-state index is 0.800. The van der Waals surface area contributed by atoms with Crippen molar-refractivity contribution in [2.45, 2.75) is 25.8 Å². The Hall–Kier alpha value is -0.250. The average Bonchev–Trinajstić information content (AvgIpc) is 2.98. The van der Waals surface area contributed by atoms with Crippen molar-refractivity contribution in [3.8, 4) is 5.75 Å². The summed E-state index contributed by atoms with van der Waals surface area (Å²) < 4.78 is 5.78. The summed E-state index contributed by atoms with van der Waals surface area (Å²) in [5.41, 5.74) is 2.54. The van der Waals surface area contributed by atoms with E-state index >= 15 is 0 Å². The molecule has 2 aliphatic heterocycles. The van der Waals surface area contributed by atoms with Crippen molar-refractivity contribution in [2.24, 2.45) is 5.92 Å². The van der Waals surface area contributed by atoms with Gasteiger partial charge in [0.05, 0.1) is 6.61 Å². The Labute approximate surface area is 128 Å². The van der Waals surface area contributed by atoms with Crippen LogP contribution in [0.4, 0.5) is 0 Å². The first kappa shape index (κ1) is 13.7. The molecule has 3 rings (SSSR count). The van der Waals surface area contributed by atoms with Gasteiger partial charge in [-0.05, 0) is 43.0 Å². The zero-order chi connectivity index (χ0) is 13.2. The zero-order valence-corrected chi connectivity index (χ0v) is 13.3. The Balaban J connectivity index is 1.71. The third-order valence-electron chi connectivity index (χ3n) is 4.11. The third-order valence-corrected chi connectivity index (χ3v) is 4.78. The molecule has 0 spiro atoms. The first-order chi connectivity index (χ1) is 9.26. The van der Waals surface area contributed by atoms with Crippen LogP contribution in [0.5, 0.6) is 5.75 Å². The van der Waals surface area contributed by atoms with Crippen LogP contribution in [0, 0.1) is 5.92 Å². The average molecular weight is 345 g/mol. The van der Waals surface area contributed by atoms with Gasteiger partial charge >= 0.3 is 0 Å². The summed E-state index contributed by atoms with van der Waals surface area (Å²) in [4.78, 5) is 2.53. The molecule has 1 aromatic carbocycles. The van der Waals surface area contributed by atoms with Crippen molar-refractivity contribution in [3.05, 3.63) is 28.3 Å². The van der Waals surface area contributed by atoms with E-state index in [1.807, 2.05) is 6.07 Å². The van der Waals surface area contributed by atoms with Gasteiger partial charge in [0, 0.05) is 35.4 Å². The SMILES string of the molecule is Clc1cc2c(c(CN3CCC(CCBr)C3)c1)OCC2. The van der Waals surface area contributed by atoms with Gasteiger partial charge < -0.3 is 4.74 Å². The van der Waals surface area contributed by atoms with E-state index in [-0.39, 0.29) is 0 Å². The van der Waals surface area contributed by atoms with E-state index in [1.165, 1.54) is 37.1 Å². The quantitative estimate of drug-likeness (QED) is 0.769. The number of ether oxygens (including phenoxy) is 1. The number of nitrogens with zero attached hydrogens (tertiary/aromatic N) is 1. The van der Waals surface area contributed by atoms with Gasteiger partial charge in [0.25, 0.3) is 0 Å². The number of fused-ring (bicyclic) bond motifs is 1. The lowest BCUT2D eigenvalue weighted by Gasteiger charge is -2.18. The molecule has 1 aromatic rings. The summed E-state index contributed by atoms with van der Waals surface area (Å²) in [6, 6.07) is 4.12. The number of benzene rings is 1. The van der Waals surface area contributed by atoms with Crippen LogP contribution >= 0.6 is 27.5 Å². The van der Waals surface area contributed by atoms with Crippen LogP contribution in [-0.2, 0) is 13.0 Å². The lowest BCUT2D eigenvalue weighted by Crippen LogP contribution is -2.20. The van der Waals surface area contributed by atoms with E-state index in [9.17, 15) is 0 Å². The van der Waals surface area contributed by atoms with E-state index in [4.69, 9.17) is 16.3 Å². The lowest BCUT2D eigenvalue weighted by atomic mass is 10.1. The van der Waals surface area contributed by atoms with Gasteiger partial charge in [-0.1, -0.05) is 27.5 Å². The Bertz CT molecular complexity index is 466. The molecule has 104 valence electrons. The number of likely N-dealkylation sites (tertiary alicyclic amines) is 1. The minimum atomic E-state index is 0.800. The molecule has 19 heavy (non-hydrogen) atoms. The summed E-state index contributed by atoms with van der Waals surface area (Å²) in [7, 11) is 0. The maximum Gasteiger partial charge on any atom is 0.127 e. The standard InChI is InChI=1S/C15H19BrClNO/c16-4-1-11-2-5-18(9-11)10-13-8-14(17)7-12-3-6-19-15(12)13/h7-8,11H,1-6,9-10H2. The van der Waals surface area contributed by atoms with Gasteiger partial charge in [-0.25, -0.2) is 0 Å². The fourth-order valence-electron chi connectivity index (χ4n) is 3.15. The van der Waals surface area contributed by atoms with Crippen LogP contribution in [0.15, 0.2) is 12.1 Å². The highest BCUT2D eigenvalue weighted by Crippen LogP contribution is 2.34. The van der Waals surface area contributed by atoms with Gasteiger partial charge in [-0.3, -0.25) is 4.90 Å². The molecule has 1 atom stereocenters. The van der Waals surface area contributed by atoms with E-state index in [2.05, 4.69) is 26.9 Å². The number of hydrogen-bond donors (Lipinski definition) is 0. The summed E-state index contributed by atoms with van der Waals surface area (Å²) >= 11 is 9.75. The Morgan fingerprint density at radius 3 is 3.16 bits per heavy atom. The molecule has 2 nitrogen and oxygen atoms in total. The Morgan fingerprint density at radius 2 is 2.32 bits per heavy atom. The van der Waals surface area contributed by atoms with Crippen LogP contribution in [-0.4, -0.2) is 29.9 Å². The van der Waals surface area contributed by atoms with Crippen LogP contribution < -0.4 is 4.74 Å². The van der Waals surface area contributed by atoms with Gasteiger partial charge in [0.1, 0.15) is 5.75 Å². The highest BCUT2D eigenvalue weighted by atomic mass is 79.9. The first-order valence-electron chi connectivity index (χ1n) is 6.98. The monoisotopic (exact) mass is 343 g/mol. The normalized spacial score (nSPS) is 22.5. The molecular formula is C15H19BrClNO. The van der Waals surface area contributed by atoms with Crippen LogP contribution in [0.3, 0.4) is 0 Å².